The Kier molecular flexibility index (Phi) is 5.38. The minimum Gasteiger partial charge on any atom is -0.484 e. The van der Waals surface area contributed by atoms with Gasteiger partial charge < -0.3 is 20.7 Å². The molecule has 1 aliphatic rings. The number of likely N-dealkylation sites (tertiary alicyclic amines) is 1. The summed E-state index contributed by atoms with van der Waals surface area (Å²) in [5.74, 6) is 0.973. The second kappa shape index (κ2) is 7.26. The molecule has 5 nitrogen and oxygen atoms in total. The molecule has 0 saturated carbocycles. The Morgan fingerprint density at radius 3 is 2.80 bits per heavy atom. The zero-order valence-electron chi connectivity index (χ0n) is 12.0. The second-order valence-corrected chi connectivity index (χ2v) is 5.45. The summed E-state index contributed by atoms with van der Waals surface area (Å²) in [6.45, 7) is 4.23. The summed E-state index contributed by atoms with van der Waals surface area (Å²) >= 11 is 0. The van der Waals surface area contributed by atoms with Crippen LogP contribution in [0.25, 0.3) is 0 Å². The number of nitrogens with one attached hydrogen (secondary N) is 1. The first kappa shape index (κ1) is 14.8. The molecule has 1 heterocycles. The summed E-state index contributed by atoms with van der Waals surface area (Å²) in [6, 6.07) is 7.74. The van der Waals surface area contributed by atoms with Gasteiger partial charge in [0.05, 0.1) is 0 Å². The van der Waals surface area contributed by atoms with Crippen molar-refractivity contribution in [3.63, 3.8) is 0 Å². The summed E-state index contributed by atoms with van der Waals surface area (Å²) in [5, 5.41) is 3.49. The third-order valence-electron chi connectivity index (χ3n) is 3.56. The zero-order valence-corrected chi connectivity index (χ0v) is 12.0. The van der Waals surface area contributed by atoms with Crippen molar-refractivity contribution in [1.29, 1.82) is 0 Å². The molecule has 1 saturated heterocycles. The minimum atomic E-state index is -0.461. The molecule has 110 valence electrons. The molecule has 3 N–H and O–H groups in total. The van der Waals surface area contributed by atoms with Crippen LogP contribution >= 0.6 is 0 Å². The second-order valence-electron chi connectivity index (χ2n) is 5.45. The van der Waals surface area contributed by atoms with Crippen LogP contribution in [0.1, 0.15) is 12.0 Å². The molecule has 20 heavy (non-hydrogen) atoms. The lowest BCUT2D eigenvalue weighted by Gasteiger charge is -2.12. The van der Waals surface area contributed by atoms with Crippen LogP contribution in [-0.2, 0) is 11.3 Å². The first-order chi connectivity index (χ1) is 9.63. The van der Waals surface area contributed by atoms with E-state index in [0.29, 0.717) is 5.75 Å². The van der Waals surface area contributed by atoms with Gasteiger partial charge in [0.25, 0.3) is 5.91 Å². The molecule has 1 aliphatic heterocycles. The average molecular weight is 277 g/mol. The van der Waals surface area contributed by atoms with Crippen LogP contribution in [0.5, 0.6) is 5.75 Å². The number of carbonyl (C=O) groups is 1. The molecule has 0 aliphatic carbocycles. The molecule has 0 radical (unpaired) electrons. The molecule has 1 aromatic carbocycles. The van der Waals surface area contributed by atoms with E-state index in [-0.39, 0.29) is 6.61 Å². The smallest absolute Gasteiger partial charge is 0.255 e. The molecule has 1 amide bonds. The Morgan fingerprint density at radius 2 is 2.20 bits per heavy atom. The van der Waals surface area contributed by atoms with E-state index >= 15 is 0 Å². The number of nitrogens with two attached hydrogens (primary N) is 1. The Labute approximate surface area is 120 Å². The Morgan fingerprint density at radius 1 is 1.45 bits per heavy atom. The van der Waals surface area contributed by atoms with Gasteiger partial charge in [-0.3, -0.25) is 4.79 Å². The maximum atomic E-state index is 10.6. The van der Waals surface area contributed by atoms with Crippen LogP contribution in [0, 0.1) is 5.92 Å². The van der Waals surface area contributed by atoms with Gasteiger partial charge in [0, 0.05) is 13.1 Å². The fourth-order valence-electron chi connectivity index (χ4n) is 2.47. The first-order valence-corrected chi connectivity index (χ1v) is 7.03. The summed E-state index contributed by atoms with van der Waals surface area (Å²) in [4.78, 5) is 13.0. The molecule has 1 atom stereocenters. The predicted octanol–water partition coefficient (Wildman–Crippen LogP) is 0.592. The monoisotopic (exact) mass is 277 g/mol. The fourth-order valence-corrected chi connectivity index (χ4v) is 2.47. The van der Waals surface area contributed by atoms with Crippen LogP contribution in [0.3, 0.4) is 0 Å². The number of amides is 1. The van der Waals surface area contributed by atoms with Gasteiger partial charge >= 0.3 is 0 Å². The van der Waals surface area contributed by atoms with E-state index in [9.17, 15) is 4.79 Å². The summed E-state index contributed by atoms with van der Waals surface area (Å²) < 4.78 is 5.22. The normalized spacial score (nSPS) is 19.1. The summed E-state index contributed by atoms with van der Waals surface area (Å²) in [7, 11) is 2.17. The van der Waals surface area contributed by atoms with Crippen LogP contribution in [-0.4, -0.2) is 44.1 Å². The Balaban J connectivity index is 1.69. The van der Waals surface area contributed by atoms with E-state index in [1.165, 1.54) is 25.1 Å². The van der Waals surface area contributed by atoms with Crippen LogP contribution in [0.15, 0.2) is 24.3 Å². The maximum absolute atomic E-state index is 10.6. The molecule has 0 spiro atoms. The average Bonchev–Trinajstić information content (AvgIpc) is 2.83. The molecule has 1 aromatic rings. The molecule has 1 unspecified atom stereocenters. The van der Waals surface area contributed by atoms with Crippen molar-refractivity contribution in [2.24, 2.45) is 11.7 Å². The topological polar surface area (TPSA) is 67.6 Å². The van der Waals surface area contributed by atoms with Gasteiger partial charge in [-0.05, 0) is 50.2 Å². The van der Waals surface area contributed by atoms with Crippen molar-refractivity contribution in [3.05, 3.63) is 29.8 Å². The van der Waals surface area contributed by atoms with Crippen LogP contribution < -0.4 is 15.8 Å². The van der Waals surface area contributed by atoms with E-state index < -0.39 is 5.91 Å². The number of nitrogens with zero attached hydrogens (tertiary/aromatic N) is 1. The molecule has 0 bridgehead atoms. The van der Waals surface area contributed by atoms with E-state index in [4.69, 9.17) is 10.5 Å². The van der Waals surface area contributed by atoms with E-state index in [2.05, 4.69) is 17.3 Å². The lowest BCUT2D eigenvalue weighted by Crippen LogP contribution is -2.24. The largest absolute Gasteiger partial charge is 0.484 e. The van der Waals surface area contributed by atoms with Crippen molar-refractivity contribution in [3.8, 4) is 5.75 Å². The molecular formula is C15H23N3O2. The number of ether oxygens (including phenoxy) is 1. The van der Waals surface area contributed by atoms with Gasteiger partial charge in [-0.25, -0.2) is 0 Å². The lowest BCUT2D eigenvalue weighted by molar-refractivity contribution is -0.119. The fraction of sp³-hybridized carbons (Fsp3) is 0.533. The van der Waals surface area contributed by atoms with E-state index in [1.54, 1.807) is 0 Å². The van der Waals surface area contributed by atoms with Gasteiger partial charge in [-0.1, -0.05) is 12.1 Å². The number of hydrogen-bond acceptors (Lipinski definition) is 4. The van der Waals surface area contributed by atoms with Gasteiger partial charge in [-0.15, -0.1) is 0 Å². The molecule has 5 heteroatoms. The van der Waals surface area contributed by atoms with Crippen molar-refractivity contribution in [2.45, 2.75) is 13.0 Å². The highest BCUT2D eigenvalue weighted by molar-refractivity contribution is 5.75. The molecule has 0 aromatic heterocycles. The molecular weight excluding hydrogens is 254 g/mol. The number of primary amides is 1. The Hall–Kier alpha value is -1.59. The third-order valence-corrected chi connectivity index (χ3v) is 3.56. The number of rotatable bonds is 7. The van der Waals surface area contributed by atoms with Crippen molar-refractivity contribution in [1.82, 2.24) is 10.2 Å². The quantitative estimate of drug-likeness (QED) is 0.765. The van der Waals surface area contributed by atoms with E-state index in [1.807, 2.05) is 24.3 Å². The van der Waals surface area contributed by atoms with Crippen molar-refractivity contribution < 1.29 is 9.53 Å². The van der Waals surface area contributed by atoms with Gasteiger partial charge in [-0.2, -0.15) is 0 Å². The van der Waals surface area contributed by atoms with Gasteiger partial charge in [0.2, 0.25) is 0 Å². The lowest BCUT2D eigenvalue weighted by atomic mass is 10.1. The number of hydrogen-bond donors (Lipinski definition) is 2. The zero-order chi connectivity index (χ0) is 14.4. The number of carbonyl (C=O) groups excluding carboxylic acids is 1. The van der Waals surface area contributed by atoms with Gasteiger partial charge in [0.15, 0.2) is 6.61 Å². The highest BCUT2D eigenvalue weighted by atomic mass is 16.5. The van der Waals surface area contributed by atoms with Crippen LogP contribution in [0.2, 0.25) is 0 Å². The molecule has 1 fully saturated rings. The number of benzene rings is 1. The highest BCUT2D eigenvalue weighted by Gasteiger charge is 2.18. The van der Waals surface area contributed by atoms with Crippen molar-refractivity contribution >= 4 is 5.91 Å². The van der Waals surface area contributed by atoms with Crippen LogP contribution in [0.4, 0.5) is 0 Å². The summed E-state index contributed by atoms with van der Waals surface area (Å²) in [5.41, 5.74) is 6.24. The van der Waals surface area contributed by atoms with Gasteiger partial charge in [0.1, 0.15) is 5.75 Å². The summed E-state index contributed by atoms with van der Waals surface area (Å²) in [6.07, 6.45) is 1.28. The highest BCUT2D eigenvalue weighted by Crippen LogP contribution is 2.14. The third kappa shape index (κ3) is 4.83. The standard InChI is InChI=1S/C15H23N3O2/c1-18-7-6-13(10-18)9-17-8-12-2-4-14(5-3-12)20-11-15(16)19/h2-5,13,17H,6-11H2,1H3,(H2,16,19). The predicted molar refractivity (Wildman–Crippen MR) is 78.4 cm³/mol. The van der Waals surface area contributed by atoms with Crippen molar-refractivity contribution in [2.75, 3.05) is 33.3 Å². The SMILES string of the molecule is CN1CCC(CNCc2ccc(OCC(N)=O)cc2)C1. The maximum Gasteiger partial charge on any atom is 0.255 e. The first-order valence-electron chi connectivity index (χ1n) is 7.03. The minimum absolute atomic E-state index is 0.0766. The Bertz CT molecular complexity index is 433. The molecule has 2 rings (SSSR count). The van der Waals surface area contributed by atoms with E-state index in [0.717, 1.165) is 19.0 Å².